The number of carbonyl (C=O) groups is 1. The molecule has 1 aromatic heterocycles. The highest BCUT2D eigenvalue weighted by molar-refractivity contribution is 7.80. The molecule has 2 aromatic carbocycles. The molecule has 0 bridgehead atoms. The molecule has 198 valence electrons. The van der Waals surface area contributed by atoms with Crippen LogP contribution >= 0.6 is 49.8 Å². The second kappa shape index (κ2) is 16.3. The lowest BCUT2D eigenvalue weighted by Gasteiger charge is -2.42. The fourth-order valence-electron chi connectivity index (χ4n) is 4.43. The van der Waals surface area contributed by atoms with E-state index in [-0.39, 0.29) is 55.2 Å². The van der Waals surface area contributed by atoms with Gasteiger partial charge in [0.1, 0.15) is 0 Å². The molecule has 1 amide bonds. The van der Waals surface area contributed by atoms with Crippen LogP contribution in [-0.4, -0.2) is 71.3 Å². The van der Waals surface area contributed by atoms with Crippen molar-refractivity contribution in [3.63, 3.8) is 0 Å². The van der Waals surface area contributed by atoms with Gasteiger partial charge in [0, 0.05) is 68.6 Å². The van der Waals surface area contributed by atoms with Crippen molar-refractivity contribution in [1.82, 2.24) is 14.8 Å². The number of hydrogen-bond donors (Lipinski definition) is 2. The first-order chi connectivity index (χ1) is 16.2. The molecule has 0 unspecified atom stereocenters. The maximum atomic E-state index is 13.5. The van der Waals surface area contributed by atoms with E-state index in [0.717, 1.165) is 41.4 Å². The Balaban J connectivity index is 0.00000216. The number of thiol groups is 1. The number of fused-ring (bicyclic) bond motifs is 1. The van der Waals surface area contributed by atoms with Crippen LogP contribution in [0.2, 0.25) is 0 Å². The number of nitrogens with zero attached hydrogens (tertiary/aromatic N) is 3. The van der Waals surface area contributed by atoms with Crippen molar-refractivity contribution in [3.8, 4) is 0 Å². The molecular formula is C26H35Cl3N4O2S. The normalized spacial score (nSPS) is 16.4. The fourth-order valence-corrected chi connectivity index (χ4v) is 4.54. The zero-order valence-electron chi connectivity index (χ0n) is 20.1. The van der Waals surface area contributed by atoms with Crippen molar-refractivity contribution in [3.05, 3.63) is 78.1 Å². The number of carbonyl (C=O) groups excluding carboxylic acids is 1. The average Bonchev–Trinajstić information content (AvgIpc) is 2.87. The van der Waals surface area contributed by atoms with Crippen molar-refractivity contribution in [1.29, 1.82) is 0 Å². The highest BCUT2D eigenvalue weighted by atomic mass is 35.5. The first kappa shape index (κ1) is 32.4. The van der Waals surface area contributed by atoms with Gasteiger partial charge in [-0.1, -0.05) is 42.5 Å². The lowest BCUT2D eigenvalue weighted by molar-refractivity contribution is 0.0317. The third-order valence-corrected chi connectivity index (χ3v) is 6.67. The Morgan fingerprint density at radius 3 is 2.61 bits per heavy atom. The predicted molar refractivity (Wildman–Crippen MR) is 157 cm³/mol. The summed E-state index contributed by atoms with van der Waals surface area (Å²) in [5, 5.41) is 2.09. The number of pyridine rings is 1. The van der Waals surface area contributed by atoms with E-state index in [1.165, 1.54) is 0 Å². The van der Waals surface area contributed by atoms with Crippen molar-refractivity contribution < 1.29 is 9.53 Å². The summed E-state index contributed by atoms with van der Waals surface area (Å²) in [7, 11) is 0. The Hall–Kier alpha value is -1.58. The molecule has 1 saturated heterocycles. The molecule has 4 rings (SSSR count). The van der Waals surface area contributed by atoms with Crippen LogP contribution in [0, 0.1) is 0 Å². The number of halogens is 3. The van der Waals surface area contributed by atoms with Crippen LogP contribution in [0.15, 0.2) is 67.0 Å². The Kier molecular flexibility index (Phi) is 14.7. The molecule has 6 nitrogen and oxygen atoms in total. The first-order valence-corrected chi connectivity index (χ1v) is 12.1. The number of rotatable bonds is 9. The molecule has 0 aliphatic carbocycles. The van der Waals surface area contributed by atoms with E-state index in [1.807, 2.05) is 65.7 Å². The van der Waals surface area contributed by atoms with Crippen molar-refractivity contribution in [2.45, 2.75) is 25.1 Å². The van der Waals surface area contributed by atoms with Crippen molar-refractivity contribution in [2.24, 2.45) is 5.73 Å². The maximum Gasteiger partial charge on any atom is 0.254 e. The topological polar surface area (TPSA) is 71.7 Å². The second-order valence-electron chi connectivity index (χ2n) is 8.57. The highest BCUT2D eigenvalue weighted by Gasteiger charge is 2.31. The van der Waals surface area contributed by atoms with Gasteiger partial charge in [0.15, 0.2) is 0 Å². The molecule has 3 aromatic rings. The van der Waals surface area contributed by atoms with Gasteiger partial charge in [0.25, 0.3) is 5.91 Å². The van der Waals surface area contributed by atoms with E-state index < -0.39 is 0 Å². The van der Waals surface area contributed by atoms with E-state index in [0.29, 0.717) is 32.1 Å². The van der Waals surface area contributed by atoms with Crippen molar-refractivity contribution >= 4 is 66.5 Å². The van der Waals surface area contributed by atoms with E-state index in [9.17, 15) is 4.79 Å². The summed E-state index contributed by atoms with van der Waals surface area (Å²) in [5.41, 5.74) is 8.03. The molecule has 10 heteroatoms. The van der Waals surface area contributed by atoms with Crippen LogP contribution in [0.4, 0.5) is 0 Å². The number of piperazine rings is 1. The van der Waals surface area contributed by atoms with E-state index in [2.05, 4.69) is 22.5 Å². The summed E-state index contributed by atoms with van der Waals surface area (Å²) < 4.78 is 5.92. The minimum Gasteiger partial charge on any atom is -0.377 e. The summed E-state index contributed by atoms with van der Waals surface area (Å²) >= 11 is 4.36. The Morgan fingerprint density at radius 2 is 1.86 bits per heavy atom. The predicted octanol–water partition coefficient (Wildman–Crippen LogP) is 4.49. The first-order valence-electron chi connectivity index (χ1n) is 11.5. The van der Waals surface area contributed by atoms with Gasteiger partial charge in [-0.2, -0.15) is 12.6 Å². The number of benzene rings is 2. The second-order valence-corrected chi connectivity index (χ2v) is 8.94. The lowest BCUT2D eigenvalue weighted by atomic mass is 10.0. The van der Waals surface area contributed by atoms with Gasteiger partial charge in [0.05, 0.1) is 6.61 Å². The summed E-state index contributed by atoms with van der Waals surface area (Å²) in [6.07, 6.45) is 4.41. The Labute approximate surface area is 237 Å². The lowest BCUT2D eigenvalue weighted by Crippen LogP contribution is -2.57. The third kappa shape index (κ3) is 8.48. The van der Waals surface area contributed by atoms with Crippen LogP contribution in [0.5, 0.6) is 0 Å². The minimum atomic E-state index is 0. The number of amides is 1. The smallest absolute Gasteiger partial charge is 0.254 e. The summed E-state index contributed by atoms with van der Waals surface area (Å²) in [6, 6.07) is 18.1. The molecule has 1 aliphatic rings. The van der Waals surface area contributed by atoms with Crippen LogP contribution < -0.4 is 5.73 Å². The SMILES string of the molecule is Cl.Cl.Cl.N[C@@H](CS)CN1CCN(C(=O)c2cccc3ccccc23)C[C@@H]1CCOCc1cccnc1. The Bertz CT molecular complexity index is 1060. The number of aromatic nitrogens is 1. The van der Waals surface area contributed by atoms with Gasteiger partial charge in [-0.25, -0.2) is 0 Å². The molecule has 0 spiro atoms. The van der Waals surface area contributed by atoms with Crippen LogP contribution in [0.3, 0.4) is 0 Å². The number of hydrogen-bond acceptors (Lipinski definition) is 6. The van der Waals surface area contributed by atoms with Gasteiger partial charge in [-0.05, 0) is 34.9 Å². The van der Waals surface area contributed by atoms with Gasteiger partial charge in [-0.3, -0.25) is 14.7 Å². The van der Waals surface area contributed by atoms with Gasteiger partial charge in [0.2, 0.25) is 0 Å². The molecular weight excluding hydrogens is 539 g/mol. The van der Waals surface area contributed by atoms with E-state index in [4.69, 9.17) is 10.5 Å². The molecule has 0 radical (unpaired) electrons. The molecule has 2 heterocycles. The zero-order valence-corrected chi connectivity index (χ0v) is 23.4. The summed E-state index contributed by atoms with van der Waals surface area (Å²) in [4.78, 5) is 22.0. The monoisotopic (exact) mass is 572 g/mol. The van der Waals surface area contributed by atoms with Crippen molar-refractivity contribution in [2.75, 3.05) is 38.5 Å². The highest BCUT2D eigenvalue weighted by Crippen LogP contribution is 2.22. The largest absolute Gasteiger partial charge is 0.377 e. The Morgan fingerprint density at radius 1 is 1.08 bits per heavy atom. The maximum absolute atomic E-state index is 13.5. The van der Waals surface area contributed by atoms with Gasteiger partial charge in [-0.15, -0.1) is 37.2 Å². The summed E-state index contributed by atoms with van der Waals surface area (Å²) in [6.45, 7) is 4.07. The molecule has 1 aliphatic heterocycles. The average molecular weight is 574 g/mol. The standard InChI is InChI=1S/C26H32N4O2S.3ClH/c27-22(19-33)16-29-12-13-30(17-23(29)10-14-32-18-20-5-4-11-28-15-20)26(31)25-9-3-7-21-6-1-2-8-24(21)25;;;/h1-9,11,15,22-23,33H,10,12-14,16-19,27H2;3*1H/t22-,23+;;;/m1.../s1. The zero-order chi connectivity index (χ0) is 23.0. The van der Waals surface area contributed by atoms with Gasteiger partial charge < -0.3 is 15.4 Å². The number of nitrogens with two attached hydrogens (primary N) is 1. The molecule has 36 heavy (non-hydrogen) atoms. The summed E-state index contributed by atoms with van der Waals surface area (Å²) in [5.74, 6) is 0.727. The minimum absolute atomic E-state index is 0. The molecule has 0 saturated carbocycles. The molecule has 2 atom stereocenters. The van der Waals surface area contributed by atoms with E-state index in [1.54, 1.807) is 6.20 Å². The quantitative estimate of drug-likeness (QED) is 0.292. The number of ether oxygens (including phenoxy) is 1. The third-order valence-electron chi connectivity index (χ3n) is 6.20. The van der Waals surface area contributed by atoms with Crippen LogP contribution in [0.1, 0.15) is 22.3 Å². The molecule has 2 N–H and O–H groups in total. The van der Waals surface area contributed by atoms with E-state index >= 15 is 0 Å². The van der Waals surface area contributed by atoms with Crippen LogP contribution in [0.25, 0.3) is 10.8 Å². The fraction of sp³-hybridized carbons (Fsp3) is 0.385. The molecule has 1 fully saturated rings. The van der Waals surface area contributed by atoms with Crippen LogP contribution in [-0.2, 0) is 11.3 Å². The van der Waals surface area contributed by atoms with Gasteiger partial charge >= 0.3 is 0 Å².